The third-order valence-electron chi connectivity index (χ3n) is 6.25. The van der Waals surface area contributed by atoms with Gasteiger partial charge in [-0.1, -0.05) is 69.5 Å². The van der Waals surface area contributed by atoms with Crippen LogP contribution in [0.2, 0.25) is 0 Å². The minimum absolute atomic E-state index is 0.309. The van der Waals surface area contributed by atoms with Gasteiger partial charge in [0.05, 0.1) is 17.6 Å². The number of anilines is 1. The molecule has 3 atom stereocenters. The predicted octanol–water partition coefficient (Wildman–Crippen LogP) is 4.33. The fraction of sp³-hybridized carbons (Fsp3) is 0.192. The average Bonchev–Trinajstić information content (AvgIpc) is 3.31. The van der Waals surface area contributed by atoms with E-state index in [4.69, 9.17) is 0 Å². The molecule has 3 amide bonds. The molecule has 1 N–H and O–H groups in total. The Labute approximate surface area is 200 Å². The molecular weight excluding hydrogens is 482 g/mol. The number of hydrazine groups is 1. The van der Waals surface area contributed by atoms with Gasteiger partial charge >= 0.3 is 0 Å². The lowest BCUT2D eigenvalue weighted by Crippen LogP contribution is -2.48. The zero-order valence-corrected chi connectivity index (χ0v) is 19.7. The predicted molar refractivity (Wildman–Crippen MR) is 128 cm³/mol. The molecule has 0 radical (unpaired) electrons. The molecule has 2 aliphatic rings. The highest BCUT2D eigenvalue weighted by molar-refractivity contribution is 9.10. The number of aryl methyl sites for hydroxylation is 2. The van der Waals surface area contributed by atoms with Gasteiger partial charge in [0.2, 0.25) is 5.91 Å². The van der Waals surface area contributed by atoms with Crippen molar-refractivity contribution in [1.82, 2.24) is 10.4 Å². The Morgan fingerprint density at radius 3 is 2.15 bits per heavy atom. The third-order valence-corrected chi connectivity index (χ3v) is 6.75. The van der Waals surface area contributed by atoms with Gasteiger partial charge in [-0.05, 0) is 49.7 Å². The van der Waals surface area contributed by atoms with E-state index in [1.165, 1.54) is 9.91 Å². The first-order valence-electron chi connectivity index (χ1n) is 10.7. The first-order chi connectivity index (χ1) is 15.8. The van der Waals surface area contributed by atoms with E-state index < -0.39 is 23.9 Å². The van der Waals surface area contributed by atoms with Crippen molar-refractivity contribution in [1.29, 1.82) is 0 Å². The van der Waals surface area contributed by atoms with Crippen LogP contribution in [0.25, 0.3) is 0 Å². The molecule has 7 heteroatoms. The first-order valence-corrected chi connectivity index (χ1v) is 11.5. The zero-order chi connectivity index (χ0) is 23.3. The van der Waals surface area contributed by atoms with E-state index in [0.717, 1.165) is 21.2 Å². The van der Waals surface area contributed by atoms with E-state index in [0.29, 0.717) is 11.3 Å². The smallest absolute Gasteiger partial charge is 0.268 e. The Bertz CT molecular complexity index is 1260. The summed E-state index contributed by atoms with van der Waals surface area (Å²) in [6.07, 6.45) is 0. The summed E-state index contributed by atoms with van der Waals surface area (Å²) in [6.45, 7) is 3.93. The fourth-order valence-electron chi connectivity index (χ4n) is 4.53. The summed E-state index contributed by atoms with van der Waals surface area (Å²) in [4.78, 5) is 41.9. The lowest BCUT2D eigenvalue weighted by molar-refractivity contribution is -0.123. The summed E-state index contributed by atoms with van der Waals surface area (Å²) in [7, 11) is 0. The molecule has 0 saturated carbocycles. The highest BCUT2D eigenvalue weighted by Gasteiger charge is 2.60. The Hall–Kier alpha value is -3.29. The van der Waals surface area contributed by atoms with E-state index in [1.54, 1.807) is 30.3 Å². The molecule has 2 fully saturated rings. The number of imide groups is 1. The maximum atomic E-state index is 13.6. The Kier molecular flexibility index (Phi) is 5.38. The van der Waals surface area contributed by atoms with Crippen molar-refractivity contribution in [2.75, 3.05) is 4.90 Å². The standard InChI is InChI=1S/C26H22BrN3O3/c1-15-6-10-17(11-7-15)22-21-23(30(28-22)24(31)18-4-3-5-19(27)14-18)26(33)29(25(21)32)20-12-8-16(2)9-13-20/h3-14,21-23,28H,1-2H3/t21-,22+,23-/m1/s1. The second-order valence-corrected chi connectivity index (χ2v) is 9.44. The van der Waals surface area contributed by atoms with Gasteiger partial charge < -0.3 is 0 Å². The Morgan fingerprint density at radius 2 is 1.52 bits per heavy atom. The number of nitrogens with zero attached hydrogens (tertiary/aromatic N) is 2. The number of hydrogen-bond donors (Lipinski definition) is 1. The minimum atomic E-state index is -0.934. The average molecular weight is 504 g/mol. The summed E-state index contributed by atoms with van der Waals surface area (Å²) < 4.78 is 0.759. The first kappa shape index (κ1) is 21.6. The van der Waals surface area contributed by atoms with Crippen LogP contribution in [0.5, 0.6) is 0 Å². The molecule has 2 saturated heterocycles. The van der Waals surface area contributed by atoms with Crippen LogP contribution < -0.4 is 10.3 Å². The molecule has 0 aromatic heterocycles. The summed E-state index contributed by atoms with van der Waals surface area (Å²) in [6, 6.07) is 20.6. The molecule has 6 nitrogen and oxygen atoms in total. The molecule has 166 valence electrons. The molecule has 2 heterocycles. The fourth-order valence-corrected chi connectivity index (χ4v) is 4.93. The van der Waals surface area contributed by atoms with Gasteiger partial charge in [0.15, 0.2) is 0 Å². The molecule has 0 aliphatic carbocycles. The molecule has 3 aromatic carbocycles. The molecular formula is C26H22BrN3O3. The van der Waals surface area contributed by atoms with Crippen LogP contribution in [0.1, 0.15) is 33.1 Å². The summed E-state index contributed by atoms with van der Waals surface area (Å²) in [5.74, 6) is -1.79. The minimum Gasteiger partial charge on any atom is -0.274 e. The number of nitrogens with one attached hydrogen (secondary N) is 1. The number of halogens is 1. The normalized spacial score (nSPS) is 22.1. The number of carbonyl (C=O) groups is 3. The summed E-state index contributed by atoms with van der Waals surface area (Å²) in [5.41, 5.74) is 7.10. The van der Waals surface area contributed by atoms with Crippen LogP contribution in [-0.4, -0.2) is 28.8 Å². The van der Waals surface area contributed by atoms with Crippen molar-refractivity contribution in [2.45, 2.75) is 25.9 Å². The number of benzene rings is 3. The van der Waals surface area contributed by atoms with Crippen LogP contribution in [0, 0.1) is 19.8 Å². The summed E-state index contributed by atoms with van der Waals surface area (Å²) >= 11 is 3.40. The molecule has 5 rings (SSSR count). The van der Waals surface area contributed by atoms with Gasteiger partial charge in [-0.25, -0.2) is 10.3 Å². The Morgan fingerprint density at radius 1 is 0.879 bits per heavy atom. The molecule has 0 spiro atoms. The molecule has 0 unspecified atom stereocenters. The van der Waals surface area contributed by atoms with Crippen LogP contribution >= 0.6 is 15.9 Å². The third kappa shape index (κ3) is 3.67. The number of carbonyl (C=O) groups excluding carboxylic acids is 3. The van der Waals surface area contributed by atoms with E-state index >= 15 is 0 Å². The second-order valence-electron chi connectivity index (χ2n) is 8.52. The van der Waals surface area contributed by atoms with Gasteiger partial charge in [0, 0.05) is 10.0 Å². The topological polar surface area (TPSA) is 69.7 Å². The van der Waals surface area contributed by atoms with Gasteiger partial charge in [0.1, 0.15) is 6.04 Å². The van der Waals surface area contributed by atoms with Crippen molar-refractivity contribution < 1.29 is 14.4 Å². The van der Waals surface area contributed by atoms with Crippen molar-refractivity contribution in [3.63, 3.8) is 0 Å². The molecule has 0 bridgehead atoms. The van der Waals surface area contributed by atoms with Crippen LogP contribution in [0.15, 0.2) is 77.3 Å². The highest BCUT2D eigenvalue weighted by Crippen LogP contribution is 2.42. The maximum Gasteiger partial charge on any atom is 0.268 e. The maximum absolute atomic E-state index is 13.6. The van der Waals surface area contributed by atoms with Crippen molar-refractivity contribution >= 4 is 39.3 Å². The van der Waals surface area contributed by atoms with Gasteiger partial charge in [-0.3, -0.25) is 19.4 Å². The number of fused-ring (bicyclic) bond motifs is 1. The zero-order valence-electron chi connectivity index (χ0n) is 18.2. The molecule has 2 aliphatic heterocycles. The van der Waals surface area contributed by atoms with Crippen molar-refractivity contribution in [3.8, 4) is 0 Å². The van der Waals surface area contributed by atoms with E-state index in [9.17, 15) is 14.4 Å². The largest absolute Gasteiger partial charge is 0.274 e. The van der Waals surface area contributed by atoms with E-state index in [2.05, 4.69) is 21.4 Å². The van der Waals surface area contributed by atoms with Crippen LogP contribution in [0.3, 0.4) is 0 Å². The monoisotopic (exact) mass is 503 g/mol. The van der Waals surface area contributed by atoms with E-state index in [1.807, 2.05) is 56.3 Å². The van der Waals surface area contributed by atoms with Gasteiger partial charge in [-0.2, -0.15) is 0 Å². The van der Waals surface area contributed by atoms with Gasteiger partial charge in [0.25, 0.3) is 11.8 Å². The quantitative estimate of drug-likeness (QED) is 0.540. The second kappa shape index (κ2) is 8.24. The Balaban J connectivity index is 1.58. The number of amides is 3. The molecule has 3 aromatic rings. The number of rotatable bonds is 3. The highest BCUT2D eigenvalue weighted by atomic mass is 79.9. The number of hydrogen-bond acceptors (Lipinski definition) is 4. The van der Waals surface area contributed by atoms with Crippen LogP contribution in [-0.2, 0) is 9.59 Å². The van der Waals surface area contributed by atoms with Crippen LogP contribution in [0.4, 0.5) is 5.69 Å². The van der Waals surface area contributed by atoms with Gasteiger partial charge in [-0.15, -0.1) is 0 Å². The molecule has 33 heavy (non-hydrogen) atoms. The summed E-state index contributed by atoms with van der Waals surface area (Å²) in [5, 5.41) is 1.34. The van der Waals surface area contributed by atoms with E-state index in [-0.39, 0.29) is 11.8 Å². The van der Waals surface area contributed by atoms with Crippen molar-refractivity contribution in [3.05, 3.63) is 99.5 Å². The lowest BCUT2D eigenvalue weighted by atomic mass is 9.90. The lowest BCUT2D eigenvalue weighted by Gasteiger charge is -2.25. The SMILES string of the molecule is Cc1ccc([C@@H]2NN(C(=O)c3cccc(Br)c3)[C@H]3C(=O)N(c4ccc(C)cc4)C(=O)[C@H]23)cc1. The van der Waals surface area contributed by atoms with Crippen molar-refractivity contribution in [2.24, 2.45) is 5.92 Å².